The van der Waals surface area contributed by atoms with Crippen molar-refractivity contribution in [2.24, 2.45) is 0 Å². The van der Waals surface area contributed by atoms with Crippen LogP contribution in [0.15, 0.2) is 54.9 Å². The molecule has 0 aliphatic carbocycles. The molecule has 5 nitrogen and oxygen atoms in total. The van der Waals surface area contributed by atoms with Crippen molar-refractivity contribution in [3.05, 3.63) is 65.6 Å². The minimum atomic E-state index is -1.08. The Morgan fingerprint density at radius 1 is 1.14 bits per heavy atom. The highest BCUT2D eigenvalue weighted by atomic mass is 35.5. The van der Waals surface area contributed by atoms with Gasteiger partial charge in [-0.3, -0.25) is 4.98 Å². The van der Waals surface area contributed by atoms with Gasteiger partial charge in [0.25, 0.3) is 0 Å². The molecule has 0 aliphatic rings. The molecular formula is C15H10ClN3O2. The molecule has 0 amide bonds. The van der Waals surface area contributed by atoms with E-state index in [1.165, 1.54) is 6.07 Å². The van der Waals surface area contributed by atoms with E-state index in [1.807, 2.05) is 12.1 Å². The Morgan fingerprint density at radius 3 is 2.57 bits per heavy atom. The number of carboxylic acid groups (broad SMARTS) is 1. The smallest absolute Gasteiger partial charge is 0.356 e. The number of pyridine rings is 1. The molecule has 0 radical (unpaired) electrons. The summed E-state index contributed by atoms with van der Waals surface area (Å²) in [6, 6.07) is 12.2. The van der Waals surface area contributed by atoms with Crippen molar-refractivity contribution >= 4 is 17.6 Å². The summed E-state index contributed by atoms with van der Waals surface area (Å²) in [6.45, 7) is 0. The van der Waals surface area contributed by atoms with Gasteiger partial charge in [0.2, 0.25) is 0 Å². The van der Waals surface area contributed by atoms with E-state index < -0.39 is 5.97 Å². The number of carbonyl (C=O) groups is 1. The Bertz CT molecular complexity index is 800. The molecule has 0 bridgehead atoms. The van der Waals surface area contributed by atoms with Gasteiger partial charge in [0, 0.05) is 23.0 Å². The Morgan fingerprint density at radius 2 is 1.90 bits per heavy atom. The lowest BCUT2D eigenvalue weighted by atomic mass is 10.1. The van der Waals surface area contributed by atoms with Crippen LogP contribution in [0.1, 0.15) is 10.5 Å². The number of aromatic carboxylic acids is 1. The molecule has 2 heterocycles. The fraction of sp³-hybridized carbons (Fsp3) is 0. The Labute approximate surface area is 125 Å². The molecule has 1 aromatic carbocycles. The maximum atomic E-state index is 11.2. The van der Waals surface area contributed by atoms with Crippen molar-refractivity contribution < 1.29 is 9.90 Å². The summed E-state index contributed by atoms with van der Waals surface area (Å²) in [6.07, 6.45) is 3.25. The third-order valence-electron chi connectivity index (χ3n) is 2.96. The van der Waals surface area contributed by atoms with Crippen LogP contribution in [0.2, 0.25) is 5.02 Å². The molecule has 6 heteroatoms. The summed E-state index contributed by atoms with van der Waals surface area (Å²) in [4.78, 5) is 15.1. The predicted molar refractivity (Wildman–Crippen MR) is 78.8 cm³/mol. The van der Waals surface area contributed by atoms with Gasteiger partial charge in [-0.25, -0.2) is 9.48 Å². The molecule has 2 aromatic heterocycles. The van der Waals surface area contributed by atoms with Crippen LogP contribution in [0.3, 0.4) is 0 Å². The van der Waals surface area contributed by atoms with Crippen LogP contribution in [-0.2, 0) is 0 Å². The van der Waals surface area contributed by atoms with Gasteiger partial charge in [0.15, 0.2) is 5.69 Å². The molecule has 21 heavy (non-hydrogen) atoms. The lowest BCUT2D eigenvalue weighted by Crippen LogP contribution is -2.02. The largest absolute Gasteiger partial charge is 0.476 e. The fourth-order valence-corrected chi connectivity index (χ4v) is 2.21. The van der Waals surface area contributed by atoms with E-state index >= 15 is 0 Å². The van der Waals surface area contributed by atoms with E-state index in [1.54, 1.807) is 41.3 Å². The highest BCUT2D eigenvalue weighted by molar-refractivity contribution is 6.30. The molecule has 3 rings (SSSR count). The Balaban J connectivity index is 2.21. The number of nitrogens with zero attached hydrogens (tertiary/aromatic N) is 3. The highest BCUT2D eigenvalue weighted by Gasteiger charge is 2.16. The summed E-state index contributed by atoms with van der Waals surface area (Å²) in [5.74, 6) is -1.08. The number of rotatable bonds is 3. The van der Waals surface area contributed by atoms with E-state index in [2.05, 4.69) is 10.1 Å². The van der Waals surface area contributed by atoms with Gasteiger partial charge in [0.05, 0.1) is 11.4 Å². The number of aromatic nitrogens is 3. The van der Waals surface area contributed by atoms with E-state index in [4.69, 9.17) is 16.7 Å². The second-order valence-electron chi connectivity index (χ2n) is 4.35. The van der Waals surface area contributed by atoms with Gasteiger partial charge >= 0.3 is 5.97 Å². The van der Waals surface area contributed by atoms with E-state index in [0.717, 1.165) is 11.3 Å². The van der Waals surface area contributed by atoms with E-state index in [-0.39, 0.29) is 5.69 Å². The second kappa shape index (κ2) is 5.38. The lowest BCUT2D eigenvalue weighted by Gasteiger charge is -2.07. The van der Waals surface area contributed by atoms with Crippen molar-refractivity contribution in [2.75, 3.05) is 0 Å². The van der Waals surface area contributed by atoms with Crippen LogP contribution in [-0.4, -0.2) is 25.8 Å². The zero-order valence-corrected chi connectivity index (χ0v) is 11.5. The fourth-order valence-electron chi connectivity index (χ4n) is 2.02. The minimum absolute atomic E-state index is 0.0261. The van der Waals surface area contributed by atoms with E-state index in [9.17, 15) is 4.79 Å². The molecule has 0 saturated heterocycles. The second-order valence-corrected chi connectivity index (χ2v) is 4.78. The number of benzene rings is 1. The summed E-state index contributed by atoms with van der Waals surface area (Å²) >= 11 is 6.01. The molecule has 3 aromatic rings. The lowest BCUT2D eigenvalue weighted by molar-refractivity contribution is 0.0690. The highest BCUT2D eigenvalue weighted by Crippen LogP contribution is 2.26. The van der Waals surface area contributed by atoms with Crippen LogP contribution < -0.4 is 0 Å². The number of hydrogen-bond donors (Lipinski definition) is 1. The number of halogens is 1. The monoisotopic (exact) mass is 299 g/mol. The third-order valence-corrected chi connectivity index (χ3v) is 3.19. The molecule has 0 aliphatic heterocycles. The molecule has 0 saturated carbocycles. The summed E-state index contributed by atoms with van der Waals surface area (Å²) in [7, 11) is 0. The van der Waals surface area contributed by atoms with Gasteiger partial charge in [-0.2, -0.15) is 5.10 Å². The summed E-state index contributed by atoms with van der Waals surface area (Å²) in [5, 5.41) is 13.9. The molecular weight excluding hydrogens is 290 g/mol. The molecule has 0 fully saturated rings. The van der Waals surface area contributed by atoms with Crippen molar-refractivity contribution in [1.82, 2.24) is 14.8 Å². The van der Waals surface area contributed by atoms with Crippen molar-refractivity contribution in [3.8, 4) is 16.9 Å². The van der Waals surface area contributed by atoms with Crippen LogP contribution in [0, 0.1) is 0 Å². The van der Waals surface area contributed by atoms with Crippen LogP contribution in [0.25, 0.3) is 16.9 Å². The first-order chi connectivity index (χ1) is 10.1. The van der Waals surface area contributed by atoms with Gasteiger partial charge < -0.3 is 5.11 Å². The summed E-state index contributed by atoms with van der Waals surface area (Å²) in [5.41, 5.74) is 2.15. The predicted octanol–water partition coefficient (Wildman–Crippen LogP) is 3.29. The standard InChI is InChI=1S/C15H10ClN3O2/c16-11-3-1-2-10(8-11)14-9-13(15(20)21)18-19(14)12-4-6-17-7-5-12/h1-9H,(H,20,21). The number of hydrogen-bond acceptors (Lipinski definition) is 3. The first-order valence-corrected chi connectivity index (χ1v) is 6.52. The SMILES string of the molecule is O=C(O)c1cc(-c2cccc(Cl)c2)n(-c2ccncc2)n1. The maximum Gasteiger partial charge on any atom is 0.356 e. The van der Waals surface area contributed by atoms with Crippen molar-refractivity contribution in [1.29, 1.82) is 0 Å². The normalized spacial score (nSPS) is 10.5. The molecule has 0 unspecified atom stereocenters. The zero-order chi connectivity index (χ0) is 14.8. The quantitative estimate of drug-likeness (QED) is 0.806. The zero-order valence-electron chi connectivity index (χ0n) is 10.8. The first kappa shape index (κ1) is 13.3. The molecule has 104 valence electrons. The number of carboxylic acids is 1. The maximum absolute atomic E-state index is 11.2. The van der Waals surface area contributed by atoms with Gasteiger partial charge in [-0.15, -0.1) is 0 Å². The Kier molecular flexibility index (Phi) is 3.41. The van der Waals surface area contributed by atoms with Gasteiger partial charge in [0.1, 0.15) is 0 Å². The van der Waals surface area contributed by atoms with E-state index in [0.29, 0.717) is 10.7 Å². The Hall–Kier alpha value is -2.66. The van der Waals surface area contributed by atoms with Crippen molar-refractivity contribution in [2.45, 2.75) is 0 Å². The molecule has 0 atom stereocenters. The minimum Gasteiger partial charge on any atom is -0.476 e. The average molecular weight is 300 g/mol. The van der Waals surface area contributed by atoms with Crippen molar-refractivity contribution in [3.63, 3.8) is 0 Å². The first-order valence-electron chi connectivity index (χ1n) is 6.15. The molecule has 0 spiro atoms. The topological polar surface area (TPSA) is 68.0 Å². The van der Waals surface area contributed by atoms with Gasteiger partial charge in [-0.05, 0) is 30.3 Å². The van der Waals surface area contributed by atoms with Crippen LogP contribution in [0.5, 0.6) is 0 Å². The third kappa shape index (κ3) is 2.64. The van der Waals surface area contributed by atoms with Crippen LogP contribution >= 0.6 is 11.6 Å². The average Bonchev–Trinajstić information content (AvgIpc) is 2.93. The molecule has 1 N–H and O–H groups in total. The van der Waals surface area contributed by atoms with Crippen LogP contribution in [0.4, 0.5) is 0 Å². The summed E-state index contributed by atoms with van der Waals surface area (Å²) < 4.78 is 1.57. The van der Waals surface area contributed by atoms with Gasteiger partial charge in [-0.1, -0.05) is 23.7 Å².